The van der Waals surface area contributed by atoms with Crippen LogP contribution in [0, 0.1) is 6.92 Å². The molecule has 1 rings (SSSR count). The second-order valence-electron chi connectivity index (χ2n) is 2.27. The average molecular weight is 181 g/mol. The Morgan fingerprint density at radius 1 is 1.15 bits per heavy atom. The molecule has 0 fully saturated rings. The van der Waals surface area contributed by atoms with Crippen LogP contribution in [0.25, 0.3) is 0 Å². The summed E-state index contributed by atoms with van der Waals surface area (Å²) in [7, 11) is 0. The maximum absolute atomic E-state index is 9.22. The van der Waals surface area contributed by atoms with E-state index in [2.05, 4.69) is 24.8 Å². The Kier molecular flexibility index (Phi) is 11.7. The first kappa shape index (κ1) is 14.2. The van der Waals surface area contributed by atoms with E-state index in [0.29, 0.717) is 0 Å². The van der Waals surface area contributed by atoms with Crippen LogP contribution >= 0.6 is 0 Å². The Balaban J connectivity index is 0. The lowest BCUT2D eigenvalue weighted by atomic mass is 10.2. The minimum absolute atomic E-state index is 0.333. The predicted molar refractivity (Wildman–Crippen MR) is 57.4 cm³/mol. The highest BCUT2D eigenvalue weighted by molar-refractivity contribution is 5.70. The van der Waals surface area contributed by atoms with Gasteiger partial charge >= 0.3 is 0 Å². The third-order valence-electron chi connectivity index (χ3n) is 0.940. The normalized spacial score (nSPS) is 7.08. The fourth-order valence-corrected chi connectivity index (χ4v) is 0.534. The van der Waals surface area contributed by atoms with Gasteiger partial charge in [0.25, 0.3) is 0 Å². The van der Waals surface area contributed by atoms with Crippen molar-refractivity contribution >= 4 is 5.91 Å². The summed E-state index contributed by atoms with van der Waals surface area (Å²) >= 11 is 0. The molecular formula is C11H19NO. The van der Waals surface area contributed by atoms with Crippen LogP contribution in [0.15, 0.2) is 30.3 Å². The standard InChI is InChI=1S/C7H8.C2H5NO.C2H6/c1-7-5-3-2-4-6-7;1-2(3)4;1-2/h2-6H,1H3;1H3,(H2,3,4);1-2H3. The van der Waals surface area contributed by atoms with Crippen molar-refractivity contribution in [2.75, 3.05) is 0 Å². The first-order valence-electron chi connectivity index (χ1n) is 4.40. The summed E-state index contributed by atoms with van der Waals surface area (Å²) in [5.41, 5.74) is 5.79. The summed E-state index contributed by atoms with van der Waals surface area (Å²) in [4.78, 5) is 9.22. The number of carbonyl (C=O) groups is 1. The number of primary amides is 1. The highest BCUT2D eigenvalue weighted by Crippen LogP contribution is 1.92. The van der Waals surface area contributed by atoms with Gasteiger partial charge in [0.15, 0.2) is 0 Å². The molecule has 2 N–H and O–H groups in total. The zero-order valence-electron chi connectivity index (χ0n) is 8.87. The Morgan fingerprint density at radius 2 is 1.46 bits per heavy atom. The van der Waals surface area contributed by atoms with Gasteiger partial charge in [0.1, 0.15) is 0 Å². The minimum Gasteiger partial charge on any atom is -0.370 e. The summed E-state index contributed by atoms with van der Waals surface area (Å²) in [6.07, 6.45) is 0. The van der Waals surface area contributed by atoms with Crippen LogP contribution in [0.5, 0.6) is 0 Å². The number of aryl methyl sites for hydroxylation is 1. The molecular weight excluding hydrogens is 162 g/mol. The van der Waals surface area contributed by atoms with E-state index in [0.717, 1.165) is 0 Å². The van der Waals surface area contributed by atoms with Gasteiger partial charge in [-0.1, -0.05) is 49.7 Å². The molecule has 1 aromatic carbocycles. The first-order chi connectivity index (χ1) is 6.13. The van der Waals surface area contributed by atoms with E-state index in [1.165, 1.54) is 12.5 Å². The average Bonchev–Trinajstić information content (AvgIpc) is 2.08. The SMILES string of the molecule is CC.CC(N)=O.Cc1ccccc1. The molecule has 1 aromatic rings. The quantitative estimate of drug-likeness (QED) is 0.656. The van der Waals surface area contributed by atoms with E-state index in [1.807, 2.05) is 32.0 Å². The number of benzene rings is 1. The Bertz CT molecular complexity index is 203. The fraction of sp³-hybridized carbons (Fsp3) is 0.364. The molecule has 0 saturated heterocycles. The van der Waals surface area contributed by atoms with Crippen molar-refractivity contribution in [3.05, 3.63) is 35.9 Å². The third kappa shape index (κ3) is 18.0. The Hall–Kier alpha value is -1.31. The van der Waals surface area contributed by atoms with Crippen LogP contribution < -0.4 is 5.73 Å². The van der Waals surface area contributed by atoms with E-state index in [4.69, 9.17) is 0 Å². The van der Waals surface area contributed by atoms with Crippen molar-refractivity contribution in [3.8, 4) is 0 Å². The number of nitrogens with two attached hydrogens (primary N) is 1. The van der Waals surface area contributed by atoms with Crippen molar-refractivity contribution in [3.63, 3.8) is 0 Å². The topological polar surface area (TPSA) is 43.1 Å². The van der Waals surface area contributed by atoms with Crippen molar-refractivity contribution in [1.29, 1.82) is 0 Å². The fourth-order valence-electron chi connectivity index (χ4n) is 0.534. The van der Waals surface area contributed by atoms with Gasteiger partial charge in [-0.3, -0.25) is 4.79 Å². The first-order valence-corrected chi connectivity index (χ1v) is 4.40. The Labute approximate surface area is 80.8 Å². The molecule has 0 heterocycles. The number of carbonyl (C=O) groups excluding carboxylic acids is 1. The molecule has 0 aliphatic rings. The summed E-state index contributed by atoms with van der Waals surface area (Å²) in [6, 6.07) is 10.3. The number of hydrogen-bond acceptors (Lipinski definition) is 1. The molecule has 0 aliphatic carbocycles. The van der Waals surface area contributed by atoms with Gasteiger partial charge in [-0.15, -0.1) is 0 Å². The van der Waals surface area contributed by atoms with Crippen molar-refractivity contribution in [1.82, 2.24) is 0 Å². The van der Waals surface area contributed by atoms with Gasteiger partial charge in [0, 0.05) is 6.92 Å². The molecule has 13 heavy (non-hydrogen) atoms. The molecule has 2 heteroatoms. The molecule has 0 radical (unpaired) electrons. The maximum Gasteiger partial charge on any atom is 0.214 e. The lowest BCUT2D eigenvalue weighted by Gasteiger charge is -1.82. The van der Waals surface area contributed by atoms with E-state index >= 15 is 0 Å². The smallest absolute Gasteiger partial charge is 0.214 e. The van der Waals surface area contributed by atoms with Gasteiger partial charge in [-0.25, -0.2) is 0 Å². The van der Waals surface area contributed by atoms with Crippen LogP contribution in [-0.4, -0.2) is 5.91 Å². The molecule has 0 atom stereocenters. The van der Waals surface area contributed by atoms with E-state index in [1.54, 1.807) is 0 Å². The molecule has 74 valence electrons. The number of hydrogen-bond donors (Lipinski definition) is 1. The molecule has 0 spiro atoms. The summed E-state index contributed by atoms with van der Waals surface area (Å²) in [6.45, 7) is 7.39. The second-order valence-corrected chi connectivity index (χ2v) is 2.27. The van der Waals surface area contributed by atoms with Gasteiger partial charge in [0.2, 0.25) is 5.91 Å². The third-order valence-corrected chi connectivity index (χ3v) is 0.940. The summed E-state index contributed by atoms with van der Waals surface area (Å²) in [5, 5.41) is 0. The zero-order chi connectivity index (χ0) is 10.7. The van der Waals surface area contributed by atoms with Gasteiger partial charge < -0.3 is 5.73 Å². The largest absolute Gasteiger partial charge is 0.370 e. The molecule has 0 unspecified atom stereocenters. The van der Waals surface area contributed by atoms with Crippen molar-refractivity contribution < 1.29 is 4.79 Å². The van der Waals surface area contributed by atoms with Crippen LogP contribution in [-0.2, 0) is 4.79 Å². The maximum atomic E-state index is 9.22. The second kappa shape index (κ2) is 10.7. The highest BCUT2D eigenvalue weighted by Gasteiger charge is 1.72. The van der Waals surface area contributed by atoms with E-state index < -0.39 is 0 Å². The van der Waals surface area contributed by atoms with Gasteiger partial charge in [-0.05, 0) is 6.92 Å². The molecule has 0 aromatic heterocycles. The van der Waals surface area contributed by atoms with Crippen molar-refractivity contribution in [2.45, 2.75) is 27.7 Å². The monoisotopic (exact) mass is 181 g/mol. The van der Waals surface area contributed by atoms with E-state index in [-0.39, 0.29) is 5.91 Å². The lowest BCUT2D eigenvalue weighted by Crippen LogP contribution is -2.01. The number of rotatable bonds is 0. The number of amides is 1. The molecule has 1 amide bonds. The van der Waals surface area contributed by atoms with Crippen LogP contribution in [0.4, 0.5) is 0 Å². The lowest BCUT2D eigenvalue weighted by molar-refractivity contribution is -0.115. The van der Waals surface area contributed by atoms with Crippen LogP contribution in [0.2, 0.25) is 0 Å². The van der Waals surface area contributed by atoms with Crippen molar-refractivity contribution in [2.24, 2.45) is 5.73 Å². The Morgan fingerprint density at radius 3 is 1.62 bits per heavy atom. The molecule has 0 bridgehead atoms. The van der Waals surface area contributed by atoms with Gasteiger partial charge in [-0.2, -0.15) is 0 Å². The van der Waals surface area contributed by atoms with Crippen LogP contribution in [0.3, 0.4) is 0 Å². The summed E-state index contributed by atoms with van der Waals surface area (Å²) in [5.74, 6) is -0.333. The minimum atomic E-state index is -0.333. The van der Waals surface area contributed by atoms with E-state index in [9.17, 15) is 4.79 Å². The molecule has 0 saturated carbocycles. The molecule has 0 aliphatic heterocycles. The highest BCUT2D eigenvalue weighted by atomic mass is 16.1. The molecule has 2 nitrogen and oxygen atoms in total. The zero-order valence-corrected chi connectivity index (χ0v) is 8.87. The predicted octanol–water partition coefficient (Wildman–Crippen LogP) is 2.51. The van der Waals surface area contributed by atoms with Crippen LogP contribution in [0.1, 0.15) is 26.3 Å². The summed E-state index contributed by atoms with van der Waals surface area (Å²) < 4.78 is 0. The van der Waals surface area contributed by atoms with Gasteiger partial charge in [0.05, 0.1) is 0 Å².